The molecule has 54 heavy (non-hydrogen) atoms. The van der Waals surface area contributed by atoms with Gasteiger partial charge in [0.05, 0.1) is 11.4 Å². The van der Waals surface area contributed by atoms with E-state index in [4.69, 9.17) is 9.98 Å². The molecule has 0 saturated carbocycles. The Morgan fingerprint density at radius 2 is 1.46 bits per heavy atom. The van der Waals surface area contributed by atoms with Crippen molar-refractivity contribution < 1.29 is 0 Å². The lowest BCUT2D eigenvalue weighted by molar-refractivity contribution is 0.674. The van der Waals surface area contributed by atoms with E-state index in [1.807, 2.05) is 24.3 Å². The number of hydrogen-bond donors (Lipinski definition) is 2. The predicted molar refractivity (Wildman–Crippen MR) is 229 cm³/mol. The Labute approximate surface area is 318 Å². The molecule has 1 aliphatic carbocycles. The van der Waals surface area contributed by atoms with Crippen LogP contribution in [0.4, 0.5) is 11.4 Å². The van der Waals surface area contributed by atoms with Gasteiger partial charge in [-0.25, -0.2) is 9.98 Å². The highest BCUT2D eigenvalue weighted by Gasteiger charge is 2.30. The topological polar surface area (TPSA) is 52.0 Å². The molecular formula is C49H43N5. The molecule has 0 aromatic heterocycles. The lowest BCUT2D eigenvalue weighted by Crippen LogP contribution is -2.34. The van der Waals surface area contributed by atoms with Crippen LogP contribution in [0, 0.1) is 0 Å². The van der Waals surface area contributed by atoms with Crippen LogP contribution >= 0.6 is 0 Å². The molecule has 0 amide bonds. The Bertz CT molecular complexity index is 2390. The summed E-state index contributed by atoms with van der Waals surface area (Å²) in [7, 11) is 0. The second kappa shape index (κ2) is 15.5. The molecule has 5 aromatic carbocycles. The van der Waals surface area contributed by atoms with Crippen LogP contribution in [0.2, 0.25) is 0 Å². The maximum Gasteiger partial charge on any atom is 0.159 e. The van der Waals surface area contributed by atoms with E-state index < -0.39 is 0 Å². The Morgan fingerprint density at radius 3 is 2.28 bits per heavy atom. The molecule has 0 radical (unpaired) electrons. The molecule has 8 rings (SSSR count). The normalized spacial score (nSPS) is 18.1. The summed E-state index contributed by atoms with van der Waals surface area (Å²) in [5, 5.41) is 7.36. The fourth-order valence-corrected chi connectivity index (χ4v) is 7.47. The van der Waals surface area contributed by atoms with Crippen LogP contribution in [0.1, 0.15) is 53.7 Å². The summed E-state index contributed by atoms with van der Waals surface area (Å²) in [6.45, 7) is 9.94. The van der Waals surface area contributed by atoms with Crippen LogP contribution in [0.5, 0.6) is 0 Å². The van der Waals surface area contributed by atoms with Gasteiger partial charge in [-0.2, -0.15) is 0 Å². The van der Waals surface area contributed by atoms with Crippen LogP contribution in [0.3, 0.4) is 0 Å². The monoisotopic (exact) mass is 701 g/mol. The van der Waals surface area contributed by atoms with E-state index in [0.717, 1.165) is 57.6 Å². The van der Waals surface area contributed by atoms with Gasteiger partial charge in [-0.05, 0) is 71.4 Å². The zero-order chi connectivity index (χ0) is 36.9. The minimum Gasteiger partial charge on any atom is -0.363 e. The van der Waals surface area contributed by atoms with Crippen LogP contribution in [-0.4, -0.2) is 17.8 Å². The van der Waals surface area contributed by atoms with E-state index in [1.54, 1.807) is 12.2 Å². The Hall–Kier alpha value is -6.72. The number of fused-ring (bicyclic) bond motifs is 1. The van der Waals surface area contributed by atoms with Crippen LogP contribution in [0.15, 0.2) is 199 Å². The number of anilines is 2. The first-order valence-corrected chi connectivity index (χ1v) is 18.6. The molecule has 0 bridgehead atoms. The smallest absolute Gasteiger partial charge is 0.159 e. The van der Waals surface area contributed by atoms with E-state index in [9.17, 15) is 0 Å². The number of aliphatic imine (C=N–C) groups is 2. The molecule has 5 nitrogen and oxygen atoms in total. The molecule has 2 unspecified atom stereocenters. The summed E-state index contributed by atoms with van der Waals surface area (Å²) in [5.74, 6) is 1.46. The van der Waals surface area contributed by atoms with Gasteiger partial charge >= 0.3 is 0 Å². The zero-order valence-electron chi connectivity index (χ0n) is 30.5. The molecule has 2 atom stereocenters. The van der Waals surface area contributed by atoms with Crippen molar-refractivity contribution in [3.63, 3.8) is 0 Å². The number of nitrogens with one attached hydrogen (secondary N) is 2. The SMILES string of the molecule is C=C/C=C\C(=C/C=C)c1ccc(C2=NC(c3ccccc3)NC(c3ccccc3-c3cccc(C4=CCCC=C4N4c5ccccc5NC4C)c3)=N2)cc1. The van der Waals surface area contributed by atoms with Gasteiger partial charge in [0.15, 0.2) is 5.84 Å². The van der Waals surface area contributed by atoms with Crippen molar-refractivity contribution in [2.75, 3.05) is 10.2 Å². The maximum absolute atomic E-state index is 5.21. The molecule has 0 fully saturated rings. The summed E-state index contributed by atoms with van der Waals surface area (Å²) in [6, 6.07) is 44.8. The van der Waals surface area contributed by atoms with Crippen molar-refractivity contribution in [2.24, 2.45) is 9.98 Å². The van der Waals surface area contributed by atoms with Gasteiger partial charge in [0.25, 0.3) is 0 Å². The first-order chi connectivity index (χ1) is 26.6. The lowest BCUT2D eigenvalue weighted by Gasteiger charge is -2.31. The van der Waals surface area contributed by atoms with Crippen molar-refractivity contribution in [3.8, 4) is 11.1 Å². The van der Waals surface area contributed by atoms with E-state index in [1.165, 1.54) is 28.2 Å². The molecule has 3 aliphatic rings. The number of benzene rings is 5. The van der Waals surface area contributed by atoms with Gasteiger partial charge in [-0.15, -0.1) is 0 Å². The van der Waals surface area contributed by atoms with Gasteiger partial charge in [0.2, 0.25) is 0 Å². The number of amidine groups is 2. The third-order valence-corrected chi connectivity index (χ3v) is 10.0. The standard InChI is InChI=1S/C49H43N5/c1-4-6-18-35(17-5-2)36-29-31-38(32-30-36)48-51-47(37-19-8-7-9-20-37)52-49(53-48)43-25-11-10-23-41(43)39-21-16-22-40(33-39)42-24-12-14-27-45(42)54-34(3)50-44-26-13-15-28-46(44)54/h4-11,13,15-34,47,50H,1-2,12,14H2,3H3,(H,51,52,53)/b18-6-,35-17+. The highest BCUT2D eigenvalue weighted by atomic mass is 15.3. The highest BCUT2D eigenvalue weighted by molar-refractivity contribution is 6.15. The van der Waals surface area contributed by atoms with E-state index in [2.05, 4.69) is 169 Å². The van der Waals surface area contributed by atoms with Crippen molar-refractivity contribution in [1.82, 2.24) is 5.32 Å². The average molecular weight is 702 g/mol. The summed E-state index contributed by atoms with van der Waals surface area (Å²) >= 11 is 0. The fourth-order valence-electron chi connectivity index (χ4n) is 7.47. The summed E-state index contributed by atoms with van der Waals surface area (Å²) in [4.78, 5) is 12.8. The van der Waals surface area contributed by atoms with Gasteiger partial charge in [0, 0.05) is 22.4 Å². The predicted octanol–water partition coefficient (Wildman–Crippen LogP) is 11.5. The largest absolute Gasteiger partial charge is 0.363 e. The van der Waals surface area contributed by atoms with E-state index in [0.29, 0.717) is 5.84 Å². The van der Waals surface area contributed by atoms with Crippen LogP contribution < -0.4 is 15.5 Å². The van der Waals surface area contributed by atoms with Gasteiger partial charge in [-0.1, -0.05) is 165 Å². The summed E-state index contributed by atoms with van der Waals surface area (Å²) in [5.41, 5.74) is 13.5. The Balaban J connectivity index is 1.16. The Morgan fingerprint density at radius 1 is 0.722 bits per heavy atom. The average Bonchev–Trinajstić information content (AvgIpc) is 3.58. The first-order valence-electron chi connectivity index (χ1n) is 18.6. The fraction of sp³-hybridized carbons (Fsp3) is 0.102. The van der Waals surface area contributed by atoms with Gasteiger partial charge in [0.1, 0.15) is 18.2 Å². The van der Waals surface area contributed by atoms with E-state index in [-0.39, 0.29) is 12.3 Å². The van der Waals surface area contributed by atoms with Gasteiger partial charge < -0.3 is 15.5 Å². The number of nitrogens with zero attached hydrogens (tertiary/aromatic N) is 3. The third-order valence-electron chi connectivity index (χ3n) is 10.0. The zero-order valence-corrected chi connectivity index (χ0v) is 30.5. The number of hydrogen-bond acceptors (Lipinski definition) is 5. The molecule has 2 heterocycles. The lowest BCUT2D eigenvalue weighted by atomic mass is 9.91. The highest BCUT2D eigenvalue weighted by Crippen LogP contribution is 2.43. The van der Waals surface area contributed by atoms with E-state index >= 15 is 0 Å². The Kier molecular flexibility index (Phi) is 9.86. The number of para-hydroxylation sites is 2. The molecule has 2 N–H and O–H groups in total. The molecule has 264 valence electrons. The van der Waals surface area contributed by atoms with Gasteiger partial charge in [-0.3, -0.25) is 0 Å². The molecule has 0 spiro atoms. The van der Waals surface area contributed by atoms with Crippen molar-refractivity contribution in [2.45, 2.75) is 32.1 Å². The van der Waals surface area contributed by atoms with Crippen LogP contribution in [0.25, 0.3) is 22.3 Å². The molecule has 5 heteroatoms. The second-order valence-electron chi connectivity index (χ2n) is 13.5. The third kappa shape index (κ3) is 6.92. The first kappa shape index (κ1) is 34.4. The second-order valence-corrected chi connectivity index (χ2v) is 13.5. The maximum atomic E-state index is 5.21. The molecule has 2 aliphatic heterocycles. The minimum atomic E-state index is -0.307. The van der Waals surface area contributed by atoms with Crippen molar-refractivity contribution >= 4 is 34.2 Å². The number of rotatable bonds is 10. The minimum absolute atomic E-state index is 0.152. The summed E-state index contributed by atoms with van der Waals surface area (Å²) < 4.78 is 0. The quantitative estimate of drug-likeness (QED) is 0.143. The number of allylic oxidation sites excluding steroid dienone is 9. The van der Waals surface area contributed by atoms with Crippen molar-refractivity contribution in [1.29, 1.82) is 0 Å². The van der Waals surface area contributed by atoms with Crippen LogP contribution in [-0.2, 0) is 0 Å². The molecular weight excluding hydrogens is 659 g/mol. The molecule has 0 saturated heterocycles. The summed E-state index contributed by atoms with van der Waals surface area (Å²) in [6.07, 6.45) is 16.2. The molecule has 5 aromatic rings. The van der Waals surface area contributed by atoms with Crippen molar-refractivity contribution in [3.05, 3.63) is 217 Å².